The molecule has 1 N–H and O–H groups in total. The Bertz CT molecular complexity index is 1070. The van der Waals surface area contributed by atoms with Gasteiger partial charge < -0.3 is 9.64 Å². The molecule has 1 aromatic carbocycles. The Hall–Kier alpha value is -3.01. The first kappa shape index (κ1) is 18.0. The van der Waals surface area contributed by atoms with E-state index in [-0.39, 0.29) is 37.0 Å². The van der Waals surface area contributed by atoms with Crippen molar-refractivity contribution in [1.82, 2.24) is 15.2 Å². The minimum atomic E-state index is -0.896. The zero-order chi connectivity index (χ0) is 20.3. The Morgan fingerprint density at radius 2 is 2.03 bits per heavy atom. The summed E-state index contributed by atoms with van der Waals surface area (Å²) in [5.74, 6) is -0.936. The lowest BCUT2D eigenvalue weighted by Crippen LogP contribution is -2.62. The van der Waals surface area contributed by atoms with Crippen molar-refractivity contribution < 1.29 is 23.9 Å². The van der Waals surface area contributed by atoms with Crippen molar-refractivity contribution in [1.29, 1.82) is 0 Å². The number of likely N-dealkylation sites (tertiary alicyclic amines) is 1. The van der Waals surface area contributed by atoms with Crippen molar-refractivity contribution in [2.45, 2.75) is 25.3 Å². The van der Waals surface area contributed by atoms with Crippen molar-refractivity contribution in [3.8, 4) is 5.75 Å². The Morgan fingerprint density at radius 3 is 2.76 bits per heavy atom. The number of piperidine rings is 1. The molecule has 4 heterocycles. The third-order valence-electron chi connectivity index (χ3n) is 5.80. The molecule has 3 aliphatic heterocycles. The fraction of sp³-hybridized carbons (Fsp3) is 0.421. The number of aromatic nitrogens is 1. The van der Waals surface area contributed by atoms with Gasteiger partial charge in [0.25, 0.3) is 0 Å². The van der Waals surface area contributed by atoms with Crippen LogP contribution in [-0.2, 0) is 19.2 Å². The molecule has 2 aromatic rings. The smallest absolute Gasteiger partial charge is 0.249 e. The molecule has 0 radical (unpaired) electrons. The number of benzene rings is 1. The van der Waals surface area contributed by atoms with E-state index in [0.717, 1.165) is 20.2 Å². The highest BCUT2D eigenvalue weighted by atomic mass is 32.1. The number of amides is 4. The van der Waals surface area contributed by atoms with Gasteiger partial charge >= 0.3 is 0 Å². The molecule has 10 heteroatoms. The summed E-state index contributed by atoms with van der Waals surface area (Å²) in [5, 5.41) is 2.99. The number of para-hydroxylation sites is 1. The maximum absolute atomic E-state index is 13.1. The molecule has 1 aromatic heterocycles. The number of nitrogens with zero attached hydrogens (tertiary/aromatic N) is 3. The monoisotopic (exact) mass is 414 g/mol. The quantitative estimate of drug-likeness (QED) is 0.736. The van der Waals surface area contributed by atoms with Crippen LogP contribution in [0.3, 0.4) is 0 Å². The van der Waals surface area contributed by atoms with E-state index in [2.05, 4.69) is 10.3 Å². The summed E-state index contributed by atoms with van der Waals surface area (Å²) >= 11 is 1.51. The Morgan fingerprint density at radius 1 is 1.24 bits per heavy atom. The first-order valence-electron chi connectivity index (χ1n) is 9.30. The summed E-state index contributed by atoms with van der Waals surface area (Å²) in [4.78, 5) is 56.8. The van der Waals surface area contributed by atoms with E-state index in [1.54, 1.807) is 7.11 Å². The molecule has 3 saturated heterocycles. The molecule has 29 heavy (non-hydrogen) atoms. The Kier molecular flexibility index (Phi) is 3.89. The summed E-state index contributed by atoms with van der Waals surface area (Å²) in [6.07, 6.45) is 0.383. The lowest BCUT2D eigenvalue weighted by Gasteiger charge is -2.46. The second kappa shape index (κ2) is 6.24. The topological polar surface area (TPSA) is 109 Å². The van der Waals surface area contributed by atoms with Crippen LogP contribution in [0.5, 0.6) is 5.75 Å². The number of fused-ring (bicyclic) bond motifs is 1. The summed E-state index contributed by atoms with van der Waals surface area (Å²) in [6, 6.07) is 4.81. The fourth-order valence-electron chi connectivity index (χ4n) is 4.34. The average molecular weight is 414 g/mol. The maximum atomic E-state index is 13.1. The SMILES string of the molecule is COc1cccc2sc(N3CC4(CC(=O)N(C5CCC(=O)NC5=O)C4=O)C3)nc12. The van der Waals surface area contributed by atoms with E-state index in [1.807, 2.05) is 23.1 Å². The van der Waals surface area contributed by atoms with Gasteiger partial charge in [-0.1, -0.05) is 17.4 Å². The highest BCUT2D eigenvalue weighted by molar-refractivity contribution is 7.22. The zero-order valence-corrected chi connectivity index (χ0v) is 16.5. The summed E-state index contributed by atoms with van der Waals surface area (Å²) in [5.41, 5.74) is -0.0456. The van der Waals surface area contributed by atoms with Crippen LogP contribution >= 0.6 is 11.3 Å². The van der Waals surface area contributed by atoms with E-state index in [9.17, 15) is 19.2 Å². The largest absolute Gasteiger partial charge is 0.494 e. The summed E-state index contributed by atoms with van der Waals surface area (Å²) in [7, 11) is 1.60. The maximum Gasteiger partial charge on any atom is 0.249 e. The van der Waals surface area contributed by atoms with E-state index < -0.39 is 17.4 Å². The first-order valence-corrected chi connectivity index (χ1v) is 10.1. The molecule has 1 unspecified atom stereocenters. The molecule has 1 spiro atoms. The van der Waals surface area contributed by atoms with E-state index in [4.69, 9.17) is 4.74 Å². The van der Waals surface area contributed by atoms with Gasteiger partial charge in [0, 0.05) is 25.9 Å². The van der Waals surface area contributed by atoms with Gasteiger partial charge in [-0.25, -0.2) is 4.98 Å². The average Bonchev–Trinajstić information content (AvgIpc) is 3.19. The molecule has 5 rings (SSSR count). The third-order valence-corrected chi connectivity index (χ3v) is 6.88. The van der Waals surface area contributed by atoms with Gasteiger partial charge in [-0.05, 0) is 18.6 Å². The van der Waals surface area contributed by atoms with Gasteiger partial charge in [0.05, 0.1) is 17.2 Å². The lowest BCUT2D eigenvalue weighted by atomic mass is 9.78. The van der Waals surface area contributed by atoms with Crippen LogP contribution in [0.4, 0.5) is 5.13 Å². The fourth-order valence-corrected chi connectivity index (χ4v) is 5.32. The number of hydrogen-bond donors (Lipinski definition) is 1. The molecule has 3 aliphatic rings. The van der Waals surface area contributed by atoms with Crippen molar-refractivity contribution >= 4 is 50.3 Å². The van der Waals surface area contributed by atoms with Crippen LogP contribution in [0.25, 0.3) is 10.2 Å². The molecule has 4 amide bonds. The normalized spacial score (nSPS) is 23.7. The number of methoxy groups -OCH3 is 1. The number of rotatable bonds is 3. The van der Waals surface area contributed by atoms with Crippen LogP contribution in [0, 0.1) is 5.41 Å². The standard InChI is InChI=1S/C19H18N4O5S/c1-28-11-3-2-4-12-15(11)21-18(29-12)22-8-19(9-22)7-14(25)23(17(19)27)10-5-6-13(24)20-16(10)26/h2-4,10H,5-9H2,1H3,(H,20,24,26). The van der Waals surface area contributed by atoms with E-state index in [1.165, 1.54) is 11.3 Å². The number of ether oxygens (including phenoxy) is 1. The van der Waals surface area contributed by atoms with Crippen LogP contribution in [0.2, 0.25) is 0 Å². The first-order chi connectivity index (χ1) is 13.9. The molecular weight excluding hydrogens is 396 g/mol. The molecule has 0 bridgehead atoms. The highest BCUT2D eigenvalue weighted by Gasteiger charge is 2.61. The van der Waals surface area contributed by atoms with Crippen molar-refractivity contribution in [3.63, 3.8) is 0 Å². The molecular formula is C19H18N4O5S. The highest BCUT2D eigenvalue weighted by Crippen LogP contribution is 2.46. The number of nitrogens with one attached hydrogen (secondary N) is 1. The van der Waals surface area contributed by atoms with Gasteiger partial charge in [-0.2, -0.15) is 0 Å². The predicted octanol–water partition coefficient (Wildman–Crippen LogP) is 0.675. The Balaban J connectivity index is 1.35. The van der Waals surface area contributed by atoms with E-state index in [0.29, 0.717) is 18.8 Å². The van der Waals surface area contributed by atoms with Gasteiger partial charge in [0.15, 0.2) is 5.13 Å². The number of thiazole rings is 1. The van der Waals surface area contributed by atoms with Crippen LogP contribution in [-0.4, -0.2) is 59.8 Å². The lowest BCUT2D eigenvalue weighted by molar-refractivity contribution is -0.152. The molecule has 0 saturated carbocycles. The van der Waals surface area contributed by atoms with Gasteiger partial charge in [0.1, 0.15) is 17.3 Å². The number of imide groups is 2. The van der Waals surface area contributed by atoms with Crippen LogP contribution in [0.1, 0.15) is 19.3 Å². The molecule has 9 nitrogen and oxygen atoms in total. The van der Waals surface area contributed by atoms with Gasteiger partial charge in [0.2, 0.25) is 23.6 Å². The van der Waals surface area contributed by atoms with Crippen LogP contribution in [0.15, 0.2) is 18.2 Å². The molecule has 150 valence electrons. The Labute approximate surface area is 169 Å². The van der Waals surface area contributed by atoms with Gasteiger partial charge in [-0.3, -0.25) is 29.4 Å². The predicted molar refractivity (Wildman–Crippen MR) is 103 cm³/mol. The van der Waals surface area contributed by atoms with Crippen molar-refractivity contribution in [3.05, 3.63) is 18.2 Å². The third kappa shape index (κ3) is 2.62. The molecule has 3 fully saturated rings. The number of anilines is 1. The zero-order valence-electron chi connectivity index (χ0n) is 15.6. The van der Waals surface area contributed by atoms with Crippen molar-refractivity contribution in [2.24, 2.45) is 5.41 Å². The van der Waals surface area contributed by atoms with E-state index >= 15 is 0 Å². The van der Waals surface area contributed by atoms with Crippen LogP contribution < -0.4 is 15.0 Å². The number of carbonyl (C=O) groups excluding carboxylic acids is 4. The second-order valence-electron chi connectivity index (χ2n) is 7.65. The van der Waals surface area contributed by atoms with Gasteiger partial charge in [-0.15, -0.1) is 0 Å². The minimum Gasteiger partial charge on any atom is -0.494 e. The summed E-state index contributed by atoms with van der Waals surface area (Å²) in [6.45, 7) is 0.757. The second-order valence-corrected chi connectivity index (χ2v) is 8.66. The number of carbonyl (C=O) groups is 4. The molecule has 1 atom stereocenters. The number of hydrogen-bond acceptors (Lipinski definition) is 8. The van der Waals surface area contributed by atoms with Crippen molar-refractivity contribution in [2.75, 3.05) is 25.1 Å². The molecule has 0 aliphatic carbocycles. The minimum absolute atomic E-state index is 0.0777. The summed E-state index contributed by atoms with van der Waals surface area (Å²) < 4.78 is 6.34.